The van der Waals surface area contributed by atoms with E-state index < -0.39 is 0 Å². The largest absolute Gasteiger partial charge is 0.316 e. The van der Waals surface area contributed by atoms with Crippen molar-refractivity contribution in [2.45, 2.75) is 13.8 Å². The van der Waals surface area contributed by atoms with Gasteiger partial charge in [0, 0.05) is 19.8 Å². The predicted molar refractivity (Wildman–Crippen MR) is 36.3 cm³/mol. The molecule has 0 radical (unpaired) electrons. The molecule has 0 amide bonds. The van der Waals surface area contributed by atoms with Crippen molar-refractivity contribution in [2.75, 3.05) is 14.1 Å². The average molecular weight is 114 g/mol. The average Bonchev–Trinajstić information content (AvgIpc) is 1.84. The van der Waals surface area contributed by atoms with Crippen LogP contribution >= 0.6 is 0 Å². The molecule has 0 aliphatic rings. The summed E-state index contributed by atoms with van der Waals surface area (Å²) in [6.07, 6.45) is 2.05. The molecular formula is C6H14N2. The highest BCUT2D eigenvalue weighted by atomic mass is 15.5. The van der Waals surface area contributed by atoms with E-state index in [2.05, 4.69) is 18.4 Å². The van der Waals surface area contributed by atoms with E-state index >= 15 is 0 Å². The van der Waals surface area contributed by atoms with Gasteiger partial charge in [-0.2, -0.15) is 0 Å². The molecule has 0 aliphatic carbocycles. The van der Waals surface area contributed by atoms with Crippen LogP contribution in [0.15, 0.2) is 11.8 Å². The Morgan fingerprint density at radius 2 is 2.12 bits per heavy atom. The Bertz CT molecular complexity index is 86.5. The van der Waals surface area contributed by atoms with Crippen molar-refractivity contribution < 1.29 is 0 Å². The van der Waals surface area contributed by atoms with E-state index in [9.17, 15) is 0 Å². The fourth-order valence-corrected chi connectivity index (χ4v) is 0.370. The van der Waals surface area contributed by atoms with E-state index in [1.165, 1.54) is 5.70 Å². The Labute approximate surface area is 51.2 Å². The molecule has 0 aromatic rings. The zero-order valence-electron chi connectivity index (χ0n) is 6.02. The molecule has 48 valence electrons. The predicted octanol–water partition coefficient (Wildman–Crippen LogP) is 0.976. The first kappa shape index (κ1) is 7.50. The minimum atomic E-state index is 1.23. The summed E-state index contributed by atoms with van der Waals surface area (Å²) in [5.74, 6) is 0. The molecule has 0 heterocycles. The third kappa shape index (κ3) is 1.98. The lowest BCUT2D eigenvalue weighted by Crippen LogP contribution is -2.28. The topological polar surface area (TPSA) is 15.3 Å². The van der Waals surface area contributed by atoms with Crippen molar-refractivity contribution >= 4 is 0 Å². The molecule has 2 heteroatoms. The van der Waals surface area contributed by atoms with Crippen LogP contribution < -0.4 is 5.43 Å². The second kappa shape index (κ2) is 3.50. The monoisotopic (exact) mass is 114 g/mol. The Morgan fingerprint density at radius 3 is 2.25 bits per heavy atom. The summed E-state index contributed by atoms with van der Waals surface area (Å²) in [5, 5.41) is 1.96. The Hall–Kier alpha value is -0.500. The molecule has 0 fully saturated rings. The van der Waals surface area contributed by atoms with Crippen LogP contribution in [0.25, 0.3) is 0 Å². The summed E-state index contributed by atoms with van der Waals surface area (Å²) in [6, 6.07) is 0. The summed E-state index contributed by atoms with van der Waals surface area (Å²) < 4.78 is 0. The molecule has 0 aromatic carbocycles. The summed E-state index contributed by atoms with van der Waals surface area (Å²) in [4.78, 5) is 0. The molecule has 0 saturated heterocycles. The highest BCUT2D eigenvalue weighted by molar-refractivity contribution is 4.91. The first-order valence-electron chi connectivity index (χ1n) is 2.76. The SMILES string of the molecule is C/C=C(/C)N(C)NC. The van der Waals surface area contributed by atoms with Crippen LogP contribution in [0.4, 0.5) is 0 Å². The number of rotatable bonds is 2. The van der Waals surface area contributed by atoms with E-state index in [4.69, 9.17) is 0 Å². The van der Waals surface area contributed by atoms with Gasteiger partial charge >= 0.3 is 0 Å². The quantitative estimate of drug-likeness (QED) is 0.538. The second-order valence-electron chi connectivity index (χ2n) is 1.71. The van der Waals surface area contributed by atoms with Gasteiger partial charge in [-0.25, -0.2) is 5.43 Å². The van der Waals surface area contributed by atoms with Crippen molar-refractivity contribution in [3.63, 3.8) is 0 Å². The smallest absolute Gasteiger partial charge is 0.0228 e. The van der Waals surface area contributed by atoms with Crippen LogP contribution in [0.1, 0.15) is 13.8 Å². The first-order valence-corrected chi connectivity index (χ1v) is 2.76. The van der Waals surface area contributed by atoms with E-state index in [1.807, 2.05) is 26.0 Å². The number of nitrogens with one attached hydrogen (secondary N) is 1. The number of hydrogen-bond donors (Lipinski definition) is 1. The van der Waals surface area contributed by atoms with E-state index in [0.29, 0.717) is 0 Å². The fourth-order valence-electron chi connectivity index (χ4n) is 0.370. The normalized spacial score (nSPS) is 11.8. The highest BCUT2D eigenvalue weighted by Crippen LogP contribution is 1.92. The van der Waals surface area contributed by atoms with Gasteiger partial charge in [0.2, 0.25) is 0 Å². The van der Waals surface area contributed by atoms with Crippen LogP contribution in [0, 0.1) is 0 Å². The van der Waals surface area contributed by atoms with Gasteiger partial charge in [-0.15, -0.1) is 0 Å². The van der Waals surface area contributed by atoms with Crippen LogP contribution in [-0.2, 0) is 0 Å². The van der Waals surface area contributed by atoms with Gasteiger partial charge in [-0.3, -0.25) is 0 Å². The van der Waals surface area contributed by atoms with E-state index in [1.54, 1.807) is 0 Å². The standard InChI is InChI=1S/C6H14N2/c1-5-6(2)8(4)7-3/h5,7H,1-4H3/b6-5-. The van der Waals surface area contributed by atoms with Crippen LogP contribution in [0.3, 0.4) is 0 Å². The first-order chi connectivity index (χ1) is 3.72. The lowest BCUT2D eigenvalue weighted by Gasteiger charge is -2.16. The van der Waals surface area contributed by atoms with Crippen LogP contribution in [0.2, 0.25) is 0 Å². The zero-order chi connectivity index (χ0) is 6.57. The molecule has 8 heavy (non-hydrogen) atoms. The van der Waals surface area contributed by atoms with Gasteiger partial charge in [-0.05, 0) is 13.8 Å². The van der Waals surface area contributed by atoms with E-state index in [0.717, 1.165) is 0 Å². The molecule has 1 N–H and O–H groups in total. The van der Waals surface area contributed by atoms with E-state index in [-0.39, 0.29) is 0 Å². The van der Waals surface area contributed by atoms with Crippen molar-refractivity contribution in [1.29, 1.82) is 0 Å². The van der Waals surface area contributed by atoms with Gasteiger partial charge in [0.1, 0.15) is 0 Å². The van der Waals surface area contributed by atoms with Gasteiger partial charge < -0.3 is 5.01 Å². The Morgan fingerprint density at radius 1 is 1.62 bits per heavy atom. The molecule has 2 nitrogen and oxygen atoms in total. The van der Waals surface area contributed by atoms with Gasteiger partial charge in [0.25, 0.3) is 0 Å². The second-order valence-corrected chi connectivity index (χ2v) is 1.71. The van der Waals surface area contributed by atoms with Crippen LogP contribution in [-0.4, -0.2) is 19.1 Å². The zero-order valence-corrected chi connectivity index (χ0v) is 6.02. The number of hydrazine groups is 1. The molecule has 0 unspecified atom stereocenters. The molecular weight excluding hydrogens is 100 g/mol. The number of hydrogen-bond acceptors (Lipinski definition) is 2. The maximum absolute atomic E-state index is 2.98. The minimum Gasteiger partial charge on any atom is -0.316 e. The minimum absolute atomic E-state index is 1.23. The Balaban J connectivity index is 3.63. The van der Waals surface area contributed by atoms with Gasteiger partial charge in [0.15, 0.2) is 0 Å². The summed E-state index contributed by atoms with van der Waals surface area (Å²) in [6.45, 7) is 4.07. The summed E-state index contributed by atoms with van der Waals surface area (Å²) in [5.41, 5.74) is 4.21. The molecule has 0 atom stereocenters. The number of allylic oxidation sites excluding steroid dienone is 2. The molecule has 0 aromatic heterocycles. The lowest BCUT2D eigenvalue weighted by molar-refractivity contribution is 0.333. The Kier molecular flexibility index (Phi) is 3.28. The lowest BCUT2D eigenvalue weighted by atomic mass is 10.4. The van der Waals surface area contributed by atoms with Gasteiger partial charge in [-0.1, -0.05) is 6.08 Å². The summed E-state index contributed by atoms with van der Waals surface area (Å²) >= 11 is 0. The summed E-state index contributed by atoms with van der Waals surface area (Å²) in [7, 11) is 3.88. The van der Waals surface area contributed by atoms with Crippen molar-refractivity contribution in [2.24, 2.45) is 0 Å². The molecule has 0 rings (SSSR count). The van der Waals surface area contributed by atoms with Crippen LogP contribution in [0.5, 0.6) is 0 Å². The van der Waals surface area contributed by atoms with Crippen molar-refractivity contribution in [3.8, 4) is 0 Å². The maximum Gasteiger partial charge on any atom is 0.0228 e. The molecule has 0 aliphatic heterocycles. The third-order valence-corrected chi connectivity index (χ3v) is 1.28. The van der Waals surface area contributed by atoms with Crippen molar-refractivity contribution in [3.05, 3.63) is 11.8 Å². The highest BCUT2D eigenvalue weighted by Gasteiger charge is 1.88. The molecule has 0 spiro atoms. The van der Waals surface area contributed by atoms with Crippen molar-refractivity contribution in [1.82, 2.24) is 10.4 Å². The number of nitrogens with zero attached hydrogens (tertiary/aromatic N) is 1. The molecule has 0 bridgehead atoms. The van der Waals surface area contributed by atoms with Gasteiger partial charge in [0.05, 0.1) is 0 Å². The molecule has 0 saturated carbocycles. The third-order valence-electron chi connectivity index (χ3n) is 1.28. The maximum atomic E-state index is 2.98. The fraction of sp³-hybridized carbons (Fsp3) is 0.667.